The molecule has 0 atom stereocenters. The van der Waals surface area contributed by atoms with E-state index >= 15 is 0 Å². The summed E-state index contributed by atoms with van der Waals surface area (Å²) < 4.78 is 4.22. The van der Waals surface area contributed by atoms with Gasteiger partial charge in [-0.3, -0.25) is 0 Å². The largest absolute Gasteiger partial charge is 0.336 e. The van der Waals surface area contributed by atoms with Gasteiger partial charge in [0, 0.05) is 19.6 Å². The molecule has 1 aromatic heterocycles. The van der Waals surface area contributed by atoms with E-state index in [0.29, 0.717) is 19.6 Å². The van der Waals surface area contributed by atoms with E-state index in [0.717, 1.165) is 57.8 Å². The third-order valence-electron chi connectivity index (χ3n) is 14.1. The topological polar surface area (TPSA) is 66.0 Å². The van der Waals surface area contributed by atoms with Gasteiger partial charge in [0.2, 0.25) is 0 Å². The summed E-state index contributed by atoms with van der Waals surface area (Å²) in [5.74, 6) is 0. The highest BCUT2D eigenvalue weighted by atomic mass is 16.2. The van der Waals surface area contributed by atoms with Crippen molar-refractivity contribution < 1.29 is 0 Å². The lowest BCUT2D eigenvalue weighted by Gasteiger charge is -2.14. The monoisotopic (exact) mass is 886 g/mol. The smallest absolute Gasteiger partial charge is 0.247 e. The molecule has 372 valence electrons. The predicted molar refractivity (Wildman–Crippen MR) is 278 cm³/mol. The van der Waals surface area contributed by atoms with Crippen LogP contribution in [0.25, 0.3) is 0 Å². The molecule has 0 aliphatic rings. The van der Waals surface area contributed by atoms with Crippen LogP contribution in [-0.4, -0.2) is 13.7 Å². The molecule has 0 radical (unpaired) electrons. The van der Waals surface area contributed by atoms with E-state index in [1.165, 1.54) is 264 Å². The summed E-state index contributed by atoms with van der Waals surface area (Å²) in [6, 6.07) is 0. The third-order valence-corrected chi connectivity index (χ3v) is 14.1. The van der Waals surface area contributed by atoms with Gasteiger partial charge in [-0.15, -0.1) is 0 Å². The molecule has 1 rings (SSSR count). The van der Waals surface area contributed by atoms with Crippen LogP contribution in [0.5, 0.6) is 0 Å². The lowest BCUT2D eigenvalue weighted by Crippen LogP contribution is -2.54. The van der Waals surface area contributed by atoms with Crippen molar-refractivity contribution in [2.24, 2.45) is 0 Å². The van der Waals surface area contributed by atoms with Crippen LogP contribution in [0.3, 0.4) is 0 Å². The summed E-state index contributed by atoms with van der Waals surface area (Å²) in [6.07, 6.45) is 62.2. The second kappa shape index (κ2) is 46.9. The van der Waals surface area contributed by atoms with Gasteiger partial charge in [0.05, 0.1) is 0 Å². The first-order valence-corrected chi connectivity index (χ1v) is 29.0. The van der Waals surface area contributed by atoms with Gasteiger partial charge < -0.3 is 0 Å². The highest BCUT2D eigenvalue weighted by Gasteiger charge is 2.15. The molecule has 63 heavy (non-hydrogen) atoms. The van der Waals surface area contributed by atoms with Crippen molar-refractivity contribution in [1.82, 2.24) is 13.7 Å². The second-order valence-electron chi connectivity index (χ2n) is 20.2. The lowest BCUT2D eigenvalue weighted by atomic mass is 10.0. The quantitative estimate of drug-likeness (QED) is 0.0612. The van der Waals surface area contributed by atoms with Gasteiger partial charge >= 0.3 is 17.1 Å². The number of nitrogens with zero attached hydrogens (tertiary/aromatic N) is 3. The Hall–Kier alpha value is -1.59. The van der Waals surface area contributed by atoms with Crippen LogP contribution in [0.15, 0.2) is 14.4 Å². The molecule has 0 unspecified atom stereocenters. The Morgan fingerprint density at radius 3 is 0.429 bits per heavy atom. The molecule has 0 bridgehead atoms. The maximum atomic E-state index is 13.7. The molecule has 0 aliphatic heterocycles. The molecular weight excluding hydrogens is 775 g/mol. The number of rotatable bonds is 51. The molecule has 6 nitrogen and oxygen atoms in total. The Labute approximate surface area is 392 Å². The van der Waals surface area contributed by atoms with E-state index in [4.69, 9.17) is 0 Å². The Kier molecular flexibility index (Phi) is 44.3. The van der Waals surface area contributed by atoms with Crippen LogP contribution in [0.1, 0.15) is 329 Å². The third kappa shape index (κ3) is 35.3. The summed E-state index contributed by atoms with van der Waals surface area (Å²) in [7, 11) is 0. The molecule has 0 fully saturated rings. The minimum atomic E-state index is -0.379. The molecule has 1 aromatic rings. The molecule has 0 saturated heterocycles. The maximum Gasteiger partial charge on any atom is 0.336 e. The minimum absolute atomic E-state index is 0.379. The van der Waals surface area contributed by atoms with E-state index in [-0.39, 0.29) is 17.1 Å². The molecule has 0 saturated carbocycles. The lowest BCUT2D eigenvalue weighted by molar-refractivity contribution is 0.410. The van der Waals surface area contributed by atoms with Gasteiger partial charge in [-0.2, -0.15) is 0 Å². The van der Waals surface area contributed by atoms with Gasteiger partial charge in [-0.1, -0.05) is 310 Å². The van der Waals surface area contributed by atoms with E-state index in [1.54, 1.807) is 0 Å². The van der Waals surface area contributed by atoms with Gasteiger partial charge in [0.15, 0.2) is 0 Å². The van der Waals surface area contributed by atoms with Crippen LogP contribution in [0.2, 0.25) is 0 Å². The van der Waals surface area contributed by atoms with E-state index < -0.39 is 0 Å². The normalized spacial score (nSPS) is 11.7. The van der Waals surface area contributed by atoms with Crippen molar-refractivity contribution in [2.75, 3.05) is 0 Å². The van der Waals surface area contributed by atoms with Gasteiger partial charge in [-0.05, 0) is 19.3 Å². The Morgan fingerprint density at radius 2 is 0.302 bits per heavy atom. The first-order chi connectivity index (χ1) is 31.1. The van der Waals surface area contributed by atoms with Crippen LogP contribution in [0, 0.1) is 0 Å². The summed E-state index contributed by atoms with van der Waals surface area (Å²) >= 11 is 0. The Bertz CT molecular complexity index is 1080. The predicted octanol–water partition coefficient (Wildman–Crippen LogP) is 18.0. The second-order valence-corrected chi connectivity index (χ2v) is 20.2. The molecular formula is C57H111N3O3. The summed E-state index contributed by atoms with van der Waals surface area (Å²) in [6.45, 7) is 8.13. The van der Waals surface area contributed by atoms with Crippen LogP contribution >= 0.6 is 0 Å². The molecule has 6 heteroatoms. The van der Waals surface area contributed by atoms with E-state index in [2.05, 4.69) is 20.8 Å². The van der Waals surface area contributed by atoms with Gasteiger partial charge in [0.1, 0.15) is 0 Å². The zero-order chi connectivity index (χ0) is 45.5. The molecule has 0 N–H and O–H groups in total. The van der Waals surface area contributed by atoms with Gasteiger partial charge in [0.25, 0.3) is 0 Å². The maximum absolute atomic E-state index is 13.7. The Morgan fingerprint density at radius 1 is 0.190 bits per heavy atom. The SMILES string of the molecule is CCCCCCCCCCCCCCCCCCn1c(=O)n(CCCCCCCCCCCCCCCCCC)c(=O)n(CCCCCCCCCCCCCCCCCC)c1=O. The fraction of sp³-hybridized carbons (Fsp3) is 0.947. The minimum Gasteiger partial charge on any atom is -0.247 e. The van der Waals surface area contributed by atoms with Crippen molar-refractivity contribution in [2.45, 2.75) is 349 Å². The average Bonchev–Trinajstić information content (AvgIpc) is 3.28. The zero-order valence-corrected chi connectivity index (χ0v) is 43.1. The van der Waals surface area contributed by atoms with Crippen molar-refractivity contribution in [1.29, 1.82) is 0 Å². The number of aromatic nitrogens is 3. The highest BCUT2D eigenvalue weighted by molar-refractivity contribution is 4.79. The molecule has 0 aromatic carbocycles. The highest BCUT2D eigenvalue weighted by Crippen LogP contribution is 2.17. The average molecular weight is 887 g/mol. The fourth-order valence-corrected chi connectivity index (χ4v) is 9.71. The van der Waals surface area contributed by atoms with Crippen molar-refractivity contribution >= 4 is 0 Å². The first-order valence-electron chi connectivity index (χ1n) is 29.0. The van der Waals surface area contributed by atoms with Crippen molar-refractivity contribution in [3.8, 4) is 0 Å². The number of unbranched alkanes of at least 4 members (excludes halogenated alkanes) is 45. The molecule has 0 spiro atoms. The first kappa shape index (κ1) is 59.4. The van der Waals surface area contributed by atoms with Crippen LogP contribution in [-0.2, 0) is 19.6 Å². The van der Waals surface area contributed by atoms with Crippen molar-refractivity contribution in [3.63, 3.8) is 0 Å². The van der Waals surface area contributed by atoms with Crippen LogP contribution in [0.4, 0.5) is 0 Å². The molecule has 0 amide bonds. The molecule has 0 aliphatic carbocycles. The summed E-state index contributed by atoms with van der Waals surface area (Å²) in [5, 5.41) is 0. The standard InChI is InChI=1S/C57H111N3O3/c1-4-7-10-13-16-19-22-25-28-31-34-37-40-43-46-49-52-58-55(61)59(53-50-47-44-41-38-35-32-29-26-23-20-17-14-11-8-5-2)57(63)60(56(58)62)54-51-48-45-42-39-36-33-30-27-24-21-18-15-12-9-6-3/h4-54H2,1-3H3. The van der Waals surface area contributed by atoms with E-state index in [1.807, 2.05) is 0 Å². The number of hydrogen-bond acceptors (Lipinski definition) is 3. The summed E-state index contributed by atoms with van der Waals surface area (Å²) in [4.78, 5) is 41.0. The Balaban J connectivity index is 2.47. The zero-order valence-electron chi connectivity index (χ0n) is 43.1. The van der Waals surface area contributed by atoms with Crippen molar-refractivity contribution in [3.05, 3.63) is 31.5 Å². The van der Waals surface area contributed by atoms with Crippen LogP contribution < -0.4 is 17.1 Å². The van der Waals surface area contributed by atoms with E-state index in [9.17, 15) is 14.4 Å². The fourth-order valence-electron chi connectivity index (χ4n) is 9.71. The summed E-state index contributed by atoms with van der Waals surface area (Å²) in [5.41, 5.74) is -1.14. The van der Waals surface area contributed by atoms with Gasteiger partial charge in [-0.25, -0.2) is 28.1 Å². The molecule has 1 heterocycles. The number of hydrogen-bond donors (Lipinski definition) is 0.